The van der Waals surface area contributed by atoms with Crippen molar-refractivity contribution < 1.29 is 14.6 Å². The molecule has 1 aromatic rings. The zero-order chi connectivity index (χ0) is 15.1. The molecule has 1 aliphatic heterocycles. The third-order valence-corrected chi connectivity index (χ3v) is 3.48. The Morgan fingerprint density at radius 2 is 2.10 bits per heavy atom. The Kier molecular flexibility index (Phi) is 5.61. The minimum absolute atomic E-state index is 0.0179. The lowest BCUT2D eigenvalue weighted by atomic mass is 10.2. The van der Waals surface area contributed by atoms with Gasteiger partial charge in [-0.05, 0) is 17.7 Å². The molecule has 2 rings (SSSR count). The van der Waals surface area contributed by atoms with Gasteiger partial charge in [-0.3, -0.25) is 9.69 Å². The van der Waals surface area contributed by atoms with Crippen molar-refractivity contribution in [1.29, 1.82) is 0 Å². The van der Waals surface area contributed by atoms with Gasteiger partial charge in [-0.25, -0.2) is 0 Å². The zero-order valence-electron chi connectivity index (χ0n) is 12.0. The molecule has 1 N–H and O–H groups in total. The molecular weight excluding hydrogens is 268 g/mol. The molecule has 1 aliphatic rings. The predicted octanol–water partition coefficient (Wildman–Crippen LogP) is 0.335. The van der Waals surface area contributed by atoms with Crippen LogP contribution in [0.5, 0.6) is 5.75 Å². The number of hydrogen-bond acceptors (Lipinski definition) is 4. The first-order valence-electron chi connectivity index (χ1n) is 6.99. The Balaban J connectivity index is 1.78. The van der Waals surface area contributed by atoms with Crippen LogP contribution >= 0.6 is 0 Å². The Hall–Kier alpha value is -2.03. The molecular formula is C16H20N2O3. The molecule has 0 bridgehead atoms. The Morgan fingerprint density at radius 1 is 1.33 bits per heavy atom. The summed E-state index contributed by atoms with van der Waals surface area (Å²) in [6.45, 7) is 3.58. The van der Waals surface area contributed by atoms with E-state index in [1.54, 1.807) is 29.2 Å². The van der Waals surface area contributed by atoms with E-state index in [4.69, 9.17) is 16.3 Å². The van der Waals surface area contributed by atoms with E-state index in [9.17, 15) is 4.79 Å². The second-order valence-corrected chi connectivity index (χ2v) is 4.96. The summed E-state index contributed by atoms with van der Waals surface area (Å²) < 4.78 is 5.49. The summed E-state index contributed by atoms with van der Waals surface area (Å²) in [5, 5.41) is 9.06. The van der Waals surface area contributed by atoms with E-state index in [1.807, 2.05) is 0 Å². The third-order valence-electron chi connectivity index (χ3n) is 3.48. The quantitative estimate of drug-likeness (QED) is 0.794. The Bertz CT molecular complexity index is 516. The van der Waals surface area contributed by atoms with Crippen molar-refractivity contribution in [3.8, 4) is 18.1 Å². The summed E-state index contributed by atoms with van der Waals surface area (Å²) in [5.74, 6) is 3.19. The lowest BCUT2D eigenvalue weighted by Crippen LogP contribution is -2.49. The number of piperazine rings is 1. The van der Waals surface area contributed by atoms with Gasteiger partial charge < -0.3 is 14.7 Å². The number of amides is 1. The Labute approximate surface area is 125 Å². The molecule has 1 amide bonds. The molecule has 5 nitrogen and oxygen atoms in total. The molecule has 0 unspecified atom stereocenters. The van der Waals surface area contributed by atoms with Gasteiger partial charge in [0.25, 0.3) is 5.91 Å². The number of aliphatic hydroxyl groups is 1. The summed E-state index contributed by atoms with van der Waals surface area (Å²) in [6.07, 6.45) is 5.28. The summed E-state index contributed by atoms with van der Waals surface area (Å²) in [7, 11) is 0. The topological polar surface area (TPSA) is 53.0 Å². The molecule has 112 valence electrons. The molecule has 0 aromatic heterocycles. The van der Waals surface area contributed by atoms with Gasteiger partial charge in [-0.1, -0.05) is 18.1 Å². The zero-order valence-corrected chi connectivity index (χ0v) is 12.0. The van der Waals surface area contributed by atoms with Gasteiger partial charge in [-0.2, -0.15) is 0 Å². The molecule has 0 spiro atoms. The van der Waals surface area contributed by atoms with E-state index in [1.165, 1.54) is 0 Å². The molecule has 21 heavy (non-hydrogen) atoms. The fourth-order valence-corrected chi connectivity index (χ4v) is 2.25. The van der Waals surface area contributed by atoms with Crippen LogP contribution in [0.25, 0.3) is 0 Å². The largest absolute Gasteiger partial charge is 0.484 e. The second kappa shape index (κ2) is 7.67. The summed E-state index contributed by atoms with van der Waals surface area (Å²) >= 11 is 0. The summed E-state index contributed by atoms with van der Waals surface area (Å²) in [5.41, 5.74) is 0.767. The molecule has 5 heteroatoms. The molecule has 0 saturated carbocycles. The molecule has 1 fully saturated rings. The molecule has 1 heterocycles. The van der Waals surface area contributed by atoms with Crippen molar-refractivity contribution in [2.75, 3.05) is 39.3 Å². The number of carbonyl (C=O) groups excluding carboxylic acids is 1. The summed E-state index contributed by atoms with van der Waals surface area (Å²) in [6, 6.07) is 7.11. The van der Waals surface area contributed by atoms with Crippen molar-refractivity contribution in [1.82, 2.24) is 9.80 Å². The smallest absolute Gasteiger partial charge is 0.260 e. The predicted molar refractivity (Wildman–Crippen MR) is 79.7 cm³/mol. The highest BCUT2D eigenvalue weighted by Gasteiger charge is 2.20. The van der Waals surface area contributed by atoms with Gasteiger partial charge >= 0.3 is 0 Å². The number of rotatable bonds is 5. The SMILES string of the molecule is C#CCN1CCN(C(=O)COc2cccc(CO)c2)CC1. The molecule has 0 atom stereocenters. The van der Waals surface area contributed by atoms with Crippen molar-refractivity contribution in [3.05, 3.63) is 29.8 Å². The van der Waals surface area contributed by atoms with Crippen LogP contribution in [0, 0.1) is 12.3 Å². The van der Waals surface area contributed by atoms with Crippen molar-refractivity contribution in [2.24, 2.45) is 0 Å². The normalized spacial score (nSPS) is 15.5. The fraction of sp³-hybridized carbons (Fsp3) is 0.438. The molecule has 0 aliphatic carbocycles. The van der Waals surface area contributed by atoms with Crippen molar-refractivity contribution in [3.63, 3.8) is 0 Å². The second-order valence-electron chi connectivity index (χ2n) is 4.96. The summed E-state index contributed by atoms with van der Waals surface area (Å²) in [4.78, 5) is 16.0. The average Bonchev–Trinajstić information content (AvgIpc) is 2.54. The van der Waals surface area contributed by atoms with Gasteiger partial charge in [0.15, 0.2) is 6.61 Å². The first-order chi connectivity index (χ1) is 10.2. The average molecular weight is 288 g/mol. The van der Waals surface area contributed by atoms with Crippen LogP contribution in [0.2, 0.25) is 0 Å². The lowest BCUT2D eigenvalue weighted by molar-refractivity contribution is -0.135. The number of carbonyl (C=O) groups is 1. The van der Waals surface area contributed by atoms with E-state index in [0.717, 1.165) is 18.7 Å². The highest BCUT2D eigenvalue weighted by atomic mass is 16.5. The standard InChI is InChI=1S/C16H20N2O3/c1-2-6-17-7-9-18(10-8-17)16(20)13-21-15-5-3-4-14(11-15)12-19/h1,3-5,11,19H,6-10,12-13H2. The number of aliphatic hydroxyl groups excluding tert-OH is 1. The van der Waals surface area contributed by atoms with Crippen LogP contribution < -0.4 is 4.74 Å². The van der Waals surface area contributed by atoms with Gasteiger partial charge in [0.2, 0.25) is 0 Å². The van der Waals surface area contributed by atoms with Crippen LogP contribution in [0.3, 0.4) is 0 Å². The number of terminal acetylenes is 1. The van der Waals surface area contributed by atoms with Crippen LogP contribution in [-0.2, 0) is 11.4 Å². The molecule has 1 aromatic carbocycles. The van der Waals surface area contributed by atoms with Crippen LogP contribution in [0.1, 0.15) is 5.56 Å². The highest BCUT2D eigenvalue weighted by Crippen LogP contribution is 2.13. The number of nitrogens with zero attached hydrogens (tertiary/aromatic N) is 2. The van der Waals surface area contributed by atoms with E-state index < -0.39 is 0 Å². The minimum atomic E-state index is -0.0394. The number of ether oxygens (including phenoxy) is 1. The number of hydrogen-bond donors (Lipinski definition) is 1. The van der Waals surface area contributed by atoms with Crippen molar-refractivity contribution >= 4 is 5.91 Å². The maximum absolute atomic E-state index is 12.1. The highest BCUT2D eigenvalue weighted by molar-refractivity contribution is 5.77. The lowest BCUT2D eigenvalue weighted by Gasteiger charge is -2.33. The van der Waals surface area contributed by atoms with Crippen LogP contribution in [0.15, 0.2) is 24.3 Å². The van der Waals surface area contributed by atoms with E-state index in [2.05, 4.69) is 10.8 Å². The third kappa shape index (κ3) is 4.48. The van der Waals surface area contributed by atoms with Gasteiger partial charge in [0.05, 0.1) is 13.2 Å². The maximum atomic E-state index is 12.1. The first kappa shape index (κ1) is 15.4. The first-order valence-corrected chi connectivity index (χ1v) is 6.99. The van der Waals surface area contributed by atoms with Crippen molar-refractivity contribution in [2.45, 2.75) is 6.61 Å². The van der Waals surface area contributed by atoms with Crippen LogP contribution in [-0.4, -0.2) is 60.1 Å². The fourth-order valence-electron chi connectivity index (χ4n) is 2.25. The van der Waals surface area contributed by atoms with E-state index in [-0.39, 0.29) is 19.1 Å². The van der Waals surface area contributed by atoms with E-state index >= 15 is 0 Å². The maximum Gasteiger partial charge on any atom is 0.260 e. The van der Waals surface area contributed by atoms with E-state index in [0.29, 0.717) is 25.4 Å². The number of benzene rings is 1. The van der Waals surface area contributed by atoms with Crippen LogP contribution in [0.4, 0.5) is 0 Å². The molecule has 1 saturated heterocycles. The Morgan fingerprint density at radius 3 is 2.76 bits per heavy atom. The van der Waals surface area contributed by atoms with Gasteiger partial charge in [0, 0.05) is 26.2 Å². The minimum Gasteiger partial charge on any atom is -0.484 e. The van der Waals surface area contributed by atoms with Gasteiger partial charge in [-0.15, -0.1) is 6.42 Å². The molecule has 0 radical (unpaired) electrons. The monoisotopic (exact) mass is 288 g/mol. The van der Waals surface area contributed by atoms with Gasteiger partial charge in [0.1, 0.15) is 5.75 Å².